The fourth-order valence-corrected chi connectivity index (χ4v) is 3.00. The first-order valence-corrected chi connectivity index (χ1v) is 8.50. The lowest BCUT2D eigenvalue weighted by Gasteiger charge is -2.11. The Bertz CT molecular complexity index is 1040. The van der Waals surface area contributed by atoms with Crippen molar-refractivity contribution >= 4 is 17.3 Å². The number of para-hydroxylation sites is 2. The Hall–Kier alpha value is -3.40. The fraction of sp³-hybridized carbons (Fsp3) is 0.0909. The molecule has 3 aromatic carbocycles. The first kappa shape index (κ1) is 16.1. The average Bonchev–Trinajstić information content (AvgIpc) is 3.05. The Balaban J connectivity index is 1.71. The van der Waals surface area contributed by atoms with Gasteiger partial charge in [-0.25, -0.2) is 0 Å². The molecule has 0 N–H and O–H groups in total. The number of ether oxygens (including phenoxy) is 1. The number of hydrogen-bond donors (Lipinski definition) is 0. The molecular formula is C22H18N2O2. The van der Waals surface area contributed by atoms with E-state index in [0.717, 1.165) is 28.4 Å². The molecule has 0 amide bonds. The molecule has 0 aliphatic heterocycles. The number of aromatic nitrogens is 2. The first-order chi connectivity index (χ1) is 12.8. The number of carbonyl (C=O) groups excluding carboxylic acids is 1. The number of nitrogens with zero attached hydrogens (tertiary/aromatic N) is 2. The van der Waals surface area contributed by atoms with Gasteiger partial charge in [0.1, 0.15) is 12.9 Å². The van der Waals surface area contributed by atoms with E-state index >= 15 is 0 Å². The molecule has 128 valence electrons. The Morgan fingerprint density at radius 1 is 0.885 bits per heavy atom. The molecule has 0 spiro atoms. The van der Waals surface area contributed by atoms with Gasteiger partial charge in [0.25, 0.3) is 6.01 Å². The number of benzene rings is 3. The number of fused-ring (bicyclic) bond motifs is 1. The van der Waals surface area contributed by atoms with Crippen LogP contribution in [-0.2, 0) is 13.2 Å². The smallest absolute Gasteiger partial charge is 0.297 e. The van der Waals surface area contributed by atoms with E-state index in [-0.39, 0.29) is 0 Å². The van der Waals surface area contributed by atoms with Gasteiger partial charge in [-0.1, -0.05) is 66.7 Å². The molecule has 0 saturated heterocycles. The van der Waals surface area contributed by atoms with Crippen molar-refractivity contribution in [3.63, 3.8) is 0 Å². The van der Waals surface area contributed by atoms with E-state index in [1.165, 1.54) is 0 Å². The summed E-state index contributed by atoms with van der Waals surface area (Å²) in [5.41, 5.74) is 4.56. The van der Waals surface area contributed by atoms with E-state index in [4.69, 9.17) is 4.74 Å². The van der Waals surface area contributed by atoms with Crippen LogP contribution in [0.15, 0.2) is 78.9 Å². The zero-order valence-electron chi connectivity index (χ0n) is 14.2. The minimum atomic E-state index is 0.444. The fourth-order valence-electron chi connectivity index (χ4n) is 3.00. The minimum absolute atomic E-state index is 0.444. The summed E-state index contributed by atoms with van der Waals surface area (Å²) in [6, 6.07) is 26.1. The molecule has 26 heavy (non-hydrogen) atoms. The van der Waals surface area contributed by atoms with E-state index in [1.807, 2.05) is 83.4 Å². The van der Waals surface area contributed by atoms with Crippen LogP contribution in [0.4, 0.5) is 0 Å². The Morgan fingerprint density at radius 2 is 1.62 bits per heavy atom. The van der Waals surface area contributed by atoms with Crippen molar-refractivity contribution in [2.45, 2.75) is 13.2 Å². The van der Waals surface area contributed by atoms with Crippen molar-refractivity contribution in [3.8, 4) is 6.01 Å². The number of aldehydes is 1. The molecule has 4 nitrogen and oxygen atoms in total. The maximum atomic E-state index is 11.4. The normalized spacial score (nSPS) is 10.8. The molecule has 0 bridgehead atoms. The Labute approximate surface area is 151 Å². The summed E-state index contributed by atoms with van der Waals surface area (Å²) in [6.07, 6.45) is 0.888. The highest BCUT2D eigenvalue weighted by Gasteiger charge is 2.13. The molecule has 4 aromatic rings. The van der Waals surface area contributed by atoms with Crippen LogP contribution in [0.3, 0.4) is 0 Å². The summed E-state index contributed by atoms with van der Waals surface area (Å²) in [5, 5.41) is 0. The lowest BCUT2D eigenvalue weighted by Crippen LogP contribution is -2.07. The SMILES string of the molecule is O=Cc1ccccc1Cn1c(OCc2ccccc2)nc2ccccc21. The van der Waals surface area contributed by atoms with E-state index in [1.54, 1.807) is 0 Å². The van der Waals surface area contributed by atoms with Gasteiger partial charge in [0.15, 0.2) is 0 Å². The van der Waals surface area contributed by atoms with Crippen LogP contribution in [0, 0.1) is 0 Å². The quantitative estimate of drug-likeness (QED) is 0.485. The minimum Gasteiger partial charge on any atom is -0.460 e. The Kier molecular flexibility index (Phi) is 4.48. The molecule has 0 aliphatic carbocycles. The predicted molar refractivity (Wildman–Crippen MR) is 101 cm³/mol. The number of rotatable bonds is 6. The molecule has 0 aliphatic rings. The maximum absolute atomic E-state index is 11.4. The zero-order chi connectivity index (χ0) is 17.8. The lowest BCUT2D eigenvalue weighted by molar-refractivity contribution is 0.112. The summed E-state index contributed by atoms with van der Waals surface area (Å²) in [7, 11) is 0. The second-order valence-electron chi connectivity index (χ2n) is 6.06. The van der Waals surface area contributed by atoms with Crippen molar-refractivity contribution in [3.05, 3.63) is 95.6 Å². The van der Waals surface area contributed by atoms with Crippen LogP contribution in [-0.4, -0.2) is 15.8 Å². The average molecular weight is 342 g/mol. The molecule has 0 unspecified atom stereocenters. The van der Waals surface area contributed by atoms with Crippen molar-refractivity contribution in [1.82, 2.24) is 9.55 Å². The molecule has 1 heterocycles. The predicted octanol–water partition coefficient (Wildman–Crippen LogP) is 4.48. The number of imidazole rings is 1. The second kappa shape index (κ2) is 7.23. The summed E-state index contributed by atoms with van der Waals surface area (Å²) in [6.45, 7) is 0.971. The zero-order valence-corrected chi connectivity index (χ0v) is 14.2. The molecule has 0 saturated carbocycles. The van der Waals surface area contributed by atoms with Gasteiger partial charge in [-0.05, 0) is 23.3 Å². The highest BCUT2D eigenvalue weighted by molar-refractivity contribution is 5.79. The third-order valence-corrected chi connectivity index (χ3v) is 4.34. The largest absolute Gasteiger partial charge is 0.460 e. The van der Waals surface area contributed by atoms with Crippen LogP contribution in [0.1, 0.15) is 21.5 Å². The van der Waals surface area contributed by atoms with Crippen LogP contribution in [0.2, 0.25) is 0 Å². The molecule has 0 fully saturated rings. The van der Waals surface area contributed by atoms with E-state index in [9.17, 15) is 4.79 Å². The number of carbonyl (C=O) groups is 1. The van der Waals surface area contributed by atoms with Gasteiger partial charge in [0, 0.05) is 5.56 Å². The molecule has 0 radical (unpaired) electrons. The van der Waals surface area contributed by atoms with E-state index in [0.29, 0.717) is 24.7 Å². The molecule has 4 heteroatoms. The second-order valence-corrected chi connectivity index (χ2v) is 6.06. The van der Waals surface area contributed by atoms with Crippen LogP contribution >= 0.6 is 0 Å². The van der Waals surface area contributed by atoms with Gasteiger partial charge in [-0.15, -0.1) is 0 Å². The summed E-state index contributed by atoms with van der Waals surface area (Å²) in [4.78, 5) is 16.0. The molecule has 0 atom stereocenters. The van der Waals surface area contributed by atoms with Crippen molar-refractivity contribution < 1.29 is 9.53 Å². The van der Waals surface area contributed by atoms with Gasteiger partial charge in [-0.2, -0.15) is 4.98 Å². The van der Waals surface area contributed by atoms with Gasteiger partial charge >= 0.3 is 0 Å². The van der Waals surface area contributed by atoms with Gasteiger partial charge in [0.05, 0.1) is 17.6 Å². The van der Waals surface area contributed by atoms with Crippen molar-refractivity contribution in [2.75, 3.05) is 0 Å². The van der Waals surface area contributed by atoms with Gasteiger partial charge in [0.2, 0.25) is 0 Å². The topological polar surface area (TPSA) is 44.1 Å². The van der Waals surface area contributed by atoms with Crippen molar-refractivity contribution in [2.24, 2.45) is 0 Å². The maximum Gasteiger partial charge on any atom is 0.297 e. The summed E-state index contributed by atoms with van der Waals surface area (Å²) >= 11 is 0. The van der Waals surface area contributed by atoms with Crippen molar-refractivity contribution in [1.29, 1.82) is 0 Å². The molecular weight excluding hydrogens is 324 g/mol. The third kappa shape index (κ3) is 3.22. The standard InChI is InChI=1S/C22H18N2O2/c25-15-19-11-5-4-10-18(19)14-24-21-13-7-6-12-20(21)23-22(24)26-16-17-8-2-1-3-9-17/h1-13,15H,14,16H2. The first-order valence-electron chi connectivity index (χ1n) is 8.50. The highest BCUT2D eigenvalue weighted by atomic mass is 16.5. The van der Waals surface area contributed by atoms with Gasteiger partial charge < -0.3 is 4.74 Å². The monoisotopic (exact) mass is 342 g/mol. The summed E-state index contributed by atoms with van der Waals surface area (Å²) < 4.78 is 8.03. The molecule has 1 aromatic heterocycles. The van der Waals surface area contributed by atoms with Crippen LogP contribution < -0.4 is 4.74 Å². The Morgan fingerprint density at radius 3 is 2.46 bits per heavy atom. The highest BCUT2D eigenvalue weighted by Crippen LogP contribution is 2.24. The third-order valence-electron chi connectivity index (χ3n) is 4.34. The van der Waals surface area contributed by atoms with Crippen LogP contribution in [0.25, 0.3) is 11.0 Å². The van der Waals surface area contributed by atoms with E-state index < -0.39 is 0 Å². The lowest BCUT2D eigenvalue weighted by atomic mass is 10.1. The van der Waals surface area contributed by atoms with Gasteiger partial charge in [-0.3, -0.25) is 9.36 Å². The van der Waals surface area contributed by atoms with E-state index in [2.05, 4.69) is 4.98 Å². The van der Waals surface area contributed by atoms with Crippen LogP contribution in [0.5, 0.6) is 6.01 Å². The molecule has 4 rings (SSSR count). The number of hydrogen-bond acceptors (Lipinski definition) is 3. The summed E-state index contributed by atoms with van der Waals surface area (Å²) in [5.74, 6) is 0.